The zero-order valence-corrected chi connectivity index (χ0v) is 13.4. The molecule has 1 atom stereocenters. The number of aryl methyl sites for hydroxylation is 1. The predicted octanol–water partition coefficient (Wildman–Crippen LogP) is 3.43. The van der Waals surface area contributed by atoms with Gasteiger partial charge in [0.2, 0.25) is 5.91 Å². The molecule has 0 fully saturated rings. The molecule has 3 aromatic rings. The van der Waals surface area contributed by atoms with Crippen molar-refractivity contribution in [3.05, 3.63) is 65.4 Å². The highest BCUT2D eigenvalue weighted by atomic mass is 16.5. The van der Waals surface area contributed by atoms with Crippen LogP contribution in [0.5, 0.6) is 0 Å². The minimum absolute atomic E-state index is 0.0369. The zero-order chi connectivity index (χ0) is 16.2. The number of para-hydroxylation sites is 1. The largest absolute Gasteiger partial charge is 0.356 e. The van der Waals surface area contributed by atoms with Crippen LogP contribution < -0.4 is 5.32 Å². The van der Waals surface area contributed by atoms with Crippen molar-refractivity contribution in [3.63, 3.8) is 0 Å². The van der Waals surface area contributed by atoms with E-state index >= 15 is 0 Å². The lowest BCUT2D eigenvalue weighted by Crippen LogP contribution is -2.35. The number of carbonyl (C=O) groups is 1. The fourth-order valence-electron chi connectivity index (χ4n) is 2.76. The number of amides is 1. The smallest absolute Gasteiger partial charge is 0.226 e. The molecule has 23 heavy (non-hydrogen) atoms. The Morgan fingerprint density at radius 1 is 1.17 bits per heavy atom. The van der Waals surface area contributed by atoms with Crippen molar-refractivity contribution < 1.29 is 9.32 Å². The highest BCUT2D eigenvalue weighted by Gasteiger charge is 2.14. The first-order chi connectivity index (χ1) is 11.1. The van der Waals surface area contributed by atoms with Gasteiger partial charge in [-0.05, 0) is 43.5 Å². The predicted molar refractivity (Wildman–Crippen MR) is 90.2 cm³/mol. The highest BCUT2D eigenvalue weighted by Crippen LogP contribution is 2.18. The number of carbonyl (C=O) groups excluding carboxylic acids is 1. The SMILES string of the molecule is Cc1ccccc1C[C@@H](C)NC(=O)Cc1noc2ccccc12. The van der Waals surface area contributed by atoms with Crippen LogP contribution in [0.2, 0.25) is 0 Å². The number of fused-ring (bicyclic) bond motifs is 1. The molecule has 0 radical (unpaired) electrons. The van der Waals surface area contributed by atoms with E-state index in [1.807, 2.05) is 43.3 Å². The van der Waals surface area contributed by atoms with Gasteiger partial charge in [0.05, 0.1) is 6.42 Å². The molecule has 1 heterocycles. The molecule has 0 saturated heterocycles. The Morgan fingerprint density at radius 2 is 1.91 bits per heavy atom. The molecule has 1 amide bonds. The monoisotopic (exact) mass is 308 g/mol. The Bertz CT molecular complexity index is 823. The molecule has 3 rings (SSSR count). The number of hydrogen-bond donors (Lipinski definition) is 1. The minimum atomic E-state index is -0.0369. The van der Waals surface area contributed by atoms with Crippen molar-refractivity contribution in [1.29, 1.82) is 0 Å². The first kappa shape index (κ1) is 15.3. The number of nitrogens with one attached hydrogen (secondary N) is 1. The lowest BCUT2D eigenvalue weighted by Gasteiger charge is -2.15. The first-order valence-corrected chi connectivity index (χ1v) is 7.80. The molecule has 2 aromatic carbocycles. The molecular formula is C19H20N2O2. The molecule has 118 valence electrons. The molecule has 0 aliphatic rings. The molecule has 1 N–H and O–H groups in total. The number of rotatable bonds is 5. The lowest BCUT2D eigenvalue weighted by atomic mass is 10.0. The van der Waals surface area contributed by atoms with Gasteiger partial charge < -0.3 is 9.84 Å². The third kappa shape index (κ3) is 3.59. The summed E-state index contributed by atoms with van der Waals surface area (Å²) in [6.07, 6.45) is 1.05. The van der Waals surface area contributed by atoms with E-state index in [-0.39, 0.29) is 18.4 Å². The van der Waals surface area contributed by atoms with Gasteiger partial charge in [-0.2, -0.15) is 0 Å². The molecule has 0 saturated carbocycles. The van der Waals surface area contributed by atoms with Crippen molar-refractivity contribution in [2.45, 2.75) is 32.7 Å². The van der Waals surface area contributed by atoms with Crippen molar-refractivity contribution in [2.75, 3.05) is 0 Å². The standard InChI is InChI=1S/C19H20N2O2/c1-13-7-3-4-8-15(13)11-14(2)20-19(22)12-17-16-9-5-6-10-18(16)23-21-17/h3-10,14H,11-12H2,1-2H3,(H,20,22)/t14-/m1/s1. The summed E-state index contributed by atoms with van der Waals surface area (Å²) in [5.41, 5.74) is 3.90. The van der Waals surface area contributed by atoms with Crippen molar-refractivity contribution >= 4 is 16.9 Å². The molecule has 1 aromatic heterocycles. The van der Waals surface area contributed by atoms with Crippen LogP contribution in [-0.2, 0) is 17.6 Å². The first-order valence-electron chi connectivity index (χ1n) is 7.80. The number of nitrogens with zero attached hydrogens (tertiary/aromatic N) is 1. The molecule has 0 unspecified atom stereocenters. The van der Waals surface area contributed by atoms with Gasteiger partial charge in [-0.3, -0.25) is 4.79 Å². The third-order valence-corrected chi connectivity index (χ3v) is 3.97. The van der Waals surface area contributed by atoms with Gasteiger partial charge >= 0.3 is 0 Å². The average Bonchev–Trinajstić information content (AvgIpc) is 2.93. The quantitative estimate of drug-likeness (QED) is 0.785. The minimum Gasteiger partial charge on any atom is -0.356 e. The van der Waals surface area contributed by atoms with Crippen LogP contribution in [0.1, 0.15) is 23.7 Å². The molecular weight excluding hydrogens is 288 g/mol. The van der Waals surface area contributed by atoms with E-state index in [2.05, 4.69) is 29.5 Å². The van der Waals surface area contributed by atoms with E-state index in [0.29, 0.717) is 11.3 Å². The van der Waals surface area contributed by atoms with Crippen molar-refractivity contribution in [2.24, 2.45) is 0 Å². The van der Waals surface area contributed by atoms with E-state index in [0.717, 1.165) is 11.8 Å². The maximum atomic E-state index is 12.2. The van der Waals surface area contributed by atoms with E-state index < -0.39 is 0 Å². The Kier molecular flexibility index (Phi) is 4.42. The maximum absolute atomic E-state index is 12.2. The summed E-state index contributed by atoms with van der Waals surface area (Å²) in [5.74, 6) is -0.0369. The van der Waals surface area contributed by atoms with E-state index in [4.69, 9.17) is 4.52 Å². The second-order valence-corrected chi connectivity index (χ2v) is 5.90. The van der Waals surface area contributed by atoms with Crippen molar-refractivity contribution in [1.82, 2.24) is 10.5 Å². The Morgan fingerprint density at radius 3 is 2.74 bits per heavy atom. The molecule has 4 heteroatoms. The number of hydrogen-bond acceptors (Lipinski definition) is 3. The average molecular weight is 308 g/mol. The van der Waals surface area contributed by atoms with Gasteiger partial charge in [0, 0.05) is 11.4 Å². The van der Waals surface area contributed by atoms with Gasteiger partial charge in [0.15, 0.2) is 5.58 Å². The Hall–Kier alpha value is -2.62. The number of benzene rings is 2. The third-order valence-electron chi connectivity index (χ3n) is 3.97. The Balaban J connectivity index is 1.62. The summed E-state index contributed by atoms with van der Waals surface area (Å²) < 4.78 is 5.24. The van der Waals surface area contributed by atoms with Gasteiger partial charge in [-0.1, -0.05) is 41.6 Å². The molecule has 0 aliphatic heterocycles. The maximum Gasteiger partial charge on any atom is 0.226 e. The summed E-state index contributed by atoms with van der Waals surface area (Å²) in [6.45, 7) is 4.11. The topological polar surface area (TPSA) is 55.1 Å². The van der Waals surface area contributed by atoms with Crippen LogP contribution in [-0.4, -0.2) is 17.1 Å². The molecule has 0 aliphatic carbocycles. The van der Waals surface area contributed by atoms with Gasteiger partial charge in [0.1, 0.15) is 5.69 Å². The summed E-state index contributed by atoms with van der Waals surface area (Å²) in [7, 11) is 0. The van der Waals surface area contributed by atoms with Crippen LogP contribution >= 0.6 is 0 Å². The fraction of sp³-hybridized carbons (Fsp3) is 0.263. The Labute approximate surface area is 135 Å². The fourth-order valence-corrected chi connectivity index (χ4v) is 2.76. The molecule has 4 nitrogen and oxygen atoms in total. The van der Waals surface area contributed by atoms with Gasteiger partial charge in [-0.15, -0.1) is 0 Å². The van der Waals surface area contributed by atoms with Crippen LogP contribution in [0.25, 0.3) is 11.0 Å². The summed E-state index contributed by atoms with van der Waals surface area (Å²) in [5, 5.41) is 7.94. The normalized spacial score (nSPS) is 12.3. The van der Waals surface area contributed by atoms with E-state index in [1.54, 1.807) is 0 Å². The highest BCUT2D eigenvalue weighted by molar-refractivity contribution is 5.86. The summed E-state index contributed by atoms with van der Waals surface area (Å²) in [6, 6.07) is 15.9. The van der Waals surface area contributed by atoms with E-state index in [1.165, 1.54) is 11.1 Å². The van der Waals surface area contributed by atoms with Gasteiger partial charge in [-0.25, -0.2) is 0 Å². The lowest BCUT2D eigenvalue weighted by molar-refractivity contribution is -0.121. The van der Waals surface area contributed by atoms with Crippen LogP contribution in [0.4, 0.5) is 0 Å². The van der Waals surface area contributed by atoms with Crippen molar-refractivity contribution in [3.8, 4) is 0 Å². The van der Waals surface area contributed by atoms with Crippen LogP contribution in [0.15, 0.2) is 53.1 Å². The summed E-state index contributed by atoms with van der Waals surface area (Å²) in [4.78, 5) is 12.2. The summed E-state index contributed by atoms with van der Waals surface area (Å²) >= 11 is 0. The second kappa shape index (κ2) is 6.65. The number of aromatic nitrogens is 1. The second-order valence-electron chi connectivity index (χ2n) is 5.90. The van der Waals surface area contributed by atoms with E-state index in [9.17, 15) is 4.79 Å². The molecule has 0 spiro atoms. The van der Waals surface area contributed by atoms with Crippen LogP contribution in [0, 0.1) is 6.92 Å². The van der Waals surface area contributed by atoms with Gasteiger partial charge in [0.25, 0.3) is 0 Å². The zero-order valence-electron chi connectivity index (χ0n) is 13.4. The van der Waals surface area contributed by atoms with Crippen LogP contribution in [0.3, 0.4) is 0 Å². The molecule has 0 bridgehead atoms.